The molecular weight excluding hydrogens is 664 g/mol. The molecule has 5 aliphatic carbocycles. The fourth-order valence-electron chi connectivity index (χ4n) is 11.2. The van der Waals surface area contributed by atoms with Crippen LogP contribution in [0.2, 0.25) is 0 Å². The molecule has 6 rings (SSSR count). The Morgan fingerprint density at radius 3 is 1.75 bits per heavy atom. The van der Waals surface area contributed by atoms with Crippen LogP contribution in [0.25, 0.3) is 0 Å². The summed E-state index contributed by atoms with van der Waals surface area (Å²) < 4.78 is 16.7. The van der Waals surface area contributed by atoms with E-state index >= 15 is 4.79 Å². The van der Waals surface area contributed by atoms with Crippen LogP contribution >= 0.6 is 0 Å². The lowest BCUT2D eigenvalue weighted by Crippen LogP contribution is -2.49. The van der Waals surface area contributed by atoms with Crippen molar-refractivity contribution in [2.75, 3.05) is 27.4 Å². The van der Waals surface area contributed by atoms with Crippen molar-refractivity contribution in [2.24, 2.45) is 52.3 Å². The van der Waals surface area contributed by atoms with E-state index < -0.39 is 52.1 Å². The first-order valence-electron chi connectivity index (χ1n) is 19.3. The number of ketones is 1. The molecule has 2 saturated carbocycles. The summed E-state index contributed by atoms with van der Waals surface area (Å²) in [4.78, 5) is 43.5. The number of Topliss-reactive ketones (excluding diaryl/α,β-unsaturated/α-hetero) is 1. The maximum Gasteiger partial charge on any atom is 0.341 e. The summed E-state index contributed by atoms with van der Waals surface area (Å²) in [6, 6.07) is 0. The van der Waals surface area contributed by atoms with Gasteiger partial charge in [0.25, 0.3) is 0 Å². The van der Waals surface area contributed by atoms with Gasteiger partial charge in [-0.25, -0.2) is 4.79 Å². The van der Waals surface area contributed by atoms with E-state index in [1.54, 1.807) is 13.2 Å². The molecule has 0 radical (unpaired) electrons. The maximum atomic E-state index is 15.1. The highest BCUT2D eigenvalue weighted by atomic mass is 16.6. The van der Waals surface area contributed by atoms with Gasteiger partial charge < -0.3 is 34.6 Å². The van der Waals surface area contributed by atoms with E-state index in [0.717, 1.165) is 11.1 Å². The van der Waals surface area contributed by atoms with Crippen molar-refractivity contribution < 1.29 is 49.0 Å². The molecule has 1 heterocycles. The second-order valence-corrected chi connectivity index (χ2v) is 17.8. The van der Waals surface area contributed by atoms with Crippen LogP contribution in [0.1, 0.15) is 93.4 Å². The van der Waals surface area contributed by atoms with Gasteiger partial charge in [-0.15, -0.1) is 0 Å². The largest absolute Gasteiger partial charge is 0.392 e. The van der Waals surface area contributed by atoms with E-state index in [-0.39, 0.29) is 73.8 Å². The highest BCUT2D eigenvalue weighted by molar-refractivity contribution is 6.07. The monoisotopic (exact) mass is 724 g/mol. The van der Waals surface area contributed by atoms with Gasteiger partial charge in [-0.2, -0.15) is 0 Å². The van der Waals surface area contributed by atoms with Crippen LogP contribution in [0.5, 0.6) is 0 Å². The van der Waals surface area contributed by atoms with Gasteiger partial charge in [0.2, 0.25) is 0 Å². The molecule has 0 unspecified atom stereocenters. The summed E-state index contributed by atoms with van der Waals surface area (Å²) in [7, 11) is 3.06. The van der Waals surface area contributed by atoms with Crippen LogP contribution in [0.4, 0.5) is 0 Å². The number of aliphatic hydroxyl groups excluding tert-OH is 2. The molecule has 10 nitrogen and oxygen atoms in total. The van der Waals surface area contributed by atoms with Gasteiger partial charge in [0, 0.05) is 31.1 Å². The molecule has 0 aromatic heterocycles. The third kappa shape index (κ3) is 5.86. The summed E-state index contributed by atoms with van der Waals surface area (Å²) in [5.41, 5.74) is -2.02. The first-order chi connectivity index (χ1) is 24.3. The first-order valence-corrected chi connectivity index (χ1v) is 19.3. The van der Waals surface area contributed by atoms with E-state index in [2.05, 4.69) is 6.08 Å². The molecule has 0 aromatic rings. The quantitative estimate of drug-likeness (QED) is 0.156. The Morgan fingerprint density at radius 1 is 0.788 bits per heavy atom. The highest BCUT2D eigenvalue weighted by Gasteiger charge is 2.61. The van der Waals surface area contributed by atoms with Crippen molar-refractivity contribution in [1.29, 1.82) is 0 Å². The van der Waals surface area contributed by atoms with Crippen LogP contribution in [0.15, 0.2) is 45.6 Å². The standard InChI is InChI=1S/C42H60O10/c1-21(2)34-27-14-32(43)23(5)25-10-12-41(48,19-50-8)29(25)16-39(27,7)31(36(34)45)18-40-17-30-26(11-13-42(30,49)20-51-9)24(6)33(44)15-28(40)35(22(3)4)37(46)52-38(40)47/h16-17,21-26,31-33,43-44,48-49H,10-15,18-20H2,1-9H3/b29-16+,30-17?/t23-,24-,25+,26+,31+,32+,33+,39-,40+,41+,42+/m1/s1. The molecule has 1 aliphatic heterocycles. The Hall–Kier alpha value is -2.47. The Morgan fingerprint density at radius 2 is 1.27 bits per heavy atom. The molecular formula is C42H60O10. The van der Waals surface area contributed by atoms with Crippen molar-refractivity contribution in [1.82, 2.24) is 0 Å². The molecule has 0 spiro atoms. The minimum Gasteiger partial charge on any atom is -0.392 e. The maximum absolute atomic E-state index is 15.1. The molecule has 2 fully saturated rings. The minimum atomic E-state index is -1.68. The van der Waals surface area contributed by atoms with Crippen molar-refractivity contribution in [3.8, 4) is 0 Å². The average molecular weight is 725 g/mol. The number of esters is 2. The third-order valence-electron chi connectivity index (χ3n) is 14.1. The number of hydrogen-bond donors (Lipinski definition) is 4. The Kier molecular flexibility index (Phi) is 10.3. The molecule has 0 saturated heterocycles. The lowest BCUT2D eigenvalue weighted by atomic mass is 9.58. The number of cyclic esters (lactones) is 2. The SMILES string of the molecule is COC[C@@]1(O)CC[C@@H]2C1=C[C@@]1(C[C@H]3C(=O)C(C(C)C)=C4C[C@H](O)[C@H](C)[C@@H]5CC[C@](O)(COC)/C5=C/[C@]43C)C(=O)OC(=O)C(C(C)C)=C1C[C@H](O)[C@@H]2C. The molecule has 52 heavy (non-hydrogen) atoms. The summed E-state index contributed by atoms with van der Waals surface area (Å²) in [6.07, 6.45) is 4.33. The van der Waals surface area contributed by atoms with Crippen LogP contribution in [0.3, 0.4) is 0 Å². The number of methoxy groups -OCH3 is 2. The van der Waals surface area contributed by atoms with Crippen LogP contribution in [-0.4, -0.2) is 89.0 Å². The number of rotatable bonds is 8. The molecule has 0 bridgehead atoms. The lowest BCUT2D eigenvalue weighted by Gasteiger charge is -2.46. The van der Waals surface area contributed by atoms with Crippen LogP contribution in [-0.2, 0) is 28.6 Å². The van der Waals surface area contributed by atoms with E-state index in [1.807, 2.05) is 48.5 Å². The zero-order valence-electron chi connectivity index (χ0n) is 32.5. The fourth-order valence-corrected chi connectivity index (χ4v) is 11.2. The normalized spacial score (nSPS) is 43.3. The zero-order chi connectivity index (χ0) is 38.3. The predicted molar refractivity (Wildman–Crippen MR) is 193 cm³/mol. The number of carbonyl (C=O) groups excluding carboxylic acids is 3. The van der Waals surface area contributed by atoms with Gasteiger partial charge in [-0.3, -0.25) is 9.59 Å². The Labute approximate surface area is 308 Å². The topological polar surface area (TPSA) is 160 Å². The summed E-state index contributed by atoms with van der Waals surface area (Å²) in [6.45, 7) is 13.6. The van der Waals surface area contributed by atoms with Crippen molar-refractivity contribution in [3.05, 3.63) is 45.6 Å². The summed E-state index contributed by atoms with van der Waals surface area (Å²) in [5, 5.41) is 47.9. The molecule has 11 atom stereocenters. The van der Waals surface area contributed by atoms with Gasteiger partial charge in [0.15, 0.2) is 5.78 Å². The van der Waals surface area contributed by atoms with Gasteiger partial charge >= 0.3 is 11.9 Å². The van der Waals surface area contributed by atoms with Crippen LogP contribution < -0.4 is 0 Å². The number of aliphatic hydroxyl groups is 4. The van der Waals surface area contributed by atoms with E-state index in [9.17, 15) is 30.0 Å². The highest BCUT2D eigenvalue weighted by Crippen LogP contribution is 2.62. The zero-order valence-corrected chi connectivity index (χ0v) is 32.5. The van der Waals surface area contributed by atoms with Gasteiger partial charge in [0.05, 0.1) is 25.4 Å². The van der Waals surface area contributed by atoms with Gasteiger partial charge in [-0.05, 0) is 103 Å². The number of fused-ring (bicyclic) bond motifs is 4. The molecule has 4 N–H and O–H groups in total. The van der Waals surface area contributed by atoms with Gasteiger partial charge in [-0.1, -0.05) is 66.2 Å². The summed E-state index contributed by atoms with van der Waals surface area (Å²) >= 11 is 0. The lowest BCUT2D eigenvalue weighted by molar-refractivity contribution is -0.165. The number of allylic oxidation sites excluding steroid dienone is 2. The Bertz CT molecular complexity index is 1630. The molecule has 0 amide bonds. The van der Waals surface area contributed by atoms with Crippen molar-refractivity contribution in [3.63, 3.8) is 0 Å². The average Bonchev–Trinajstić information content (AvgIpc) is 3.60. The minimum absolute atomic E-state index is 0.0246. The van der Waals surface area contributed by atoms with Crippen molar-refractivity contribution >= 4 is 17.7 Å². The second-order valence-electron chi connectivity index (χ2n) is 17.8. The van der Waals surface area contributed by atoms with E-state index in [4.69, 9.17) is 14.2 Å². The van der Waals surface area contributed by atoms with Gasteiger partial charge in [0.1, 0.15) is 16.6 Å². The van der Waals surface area contributed by atoms with Crippen LogP contribution in [0, 0.1) is 52.3 Å². The fraction of sp³-hybridized carbons (Fsp3) is 0.738. The molecule has 6 aliphatic rings. The molecule has 0 aromatic carbocycles. The van der Waals surface area contributed by atoms with E-state index in [0.29, 0.717) is 48.0 Å². The van der Waals surface area contributed by atoms with Crippen molar-refractivity contribution in [2.45, 2.75) is 117 Å². The second kappa shape index (κ2) is 13.7. The van der Waals surface area contributed by atoms with E-state index in [1.165, 1.54) is 7.11 Å². The smallest absolute Gasteiger partial charge is 0.341 e. The number of hydrogen-bond acceptors (Lipinski definition) is 10. The first kappa shape index (κ1) is 39.2. The third-order valence-corrected chi connectivity index (χ3v) is 14.1. The summed E-state index contributed by atoms with van der Waals surface area (Å²) in [5.74, 6) is -4.08. The molecule has 10 heteroatoms. The Balaban J connectivity index is 1.66. The predicted octanol–water partition coefficient (Wildman–Crippen LogP) is 4.79. The number of carbonyl (C=O) groups is 3. The number of ether oxygens (including phenoxy) is 3. The molecule has 288 valence electrons.